The van der Waals surface area contributed by atoms with Gasteiger partial charge in [0.15, 0.2) is 5.75 Å². The van der Waals surface area contributed by atoms with Gasteiger partial charge in [0.25, 0.3) is 0 Å². The molecule has 0 fully saturated rings. The van der Waals surface area contributed by atoms with Crippen LogP contribution in [0.3, 0.4) is 0 Å². The average molecular weight is 300 g/mol. The van der Waals surface area contributed by atoms with Crippen LogP contribution in [0.5, 0.6) is 0 Å². The molecule has 0 aliphatic heterocycles. The summed E-state index contributed by atoms with van der Waals surface area (Å²) in [6, 6.07) is 4.70. The zero-order chi connectivity index (χ0) is 15.3. The standard InChI is InChI=1S/C12H16N2O5S/c1-3-11(15)13-9-5-4-6-10(8(9)2)14-20(18,19)7-12(16)17/h4-6,14H,3,7H2,1-2H3,(H,13,15)(H,16,17). The Bertz CT molecular complexity index is 625. The number of aliphatic carboxylic acids is 1. The van der Waals surface area contributed by atoms with E-state index in [-0.39, 0.29) is 11.6 Å². The molecule has 8 heteroatoms. The molecule has 0 heterocycles. The maximum Gasteiger partial charge on any atom is 0.320 e. The normalized spacial score (nSPS) is 10.9. The topological polar surface area (TPSA) is 113 Å². The molecular weight excluding hydrogens is 284 g/mol. The number of sulfonamides is 1. The van der Waals surface area contributed by atoms with Crippen LogP contribution in [0.4, 0.5) is 11.4 Å². The van der Waals surface area contributed by atoms with Crippen molar-refractivity contribution >= 4 is 33.3 Å². The molecule has 0 radical (unpaired) electrons. The Morgan fingerprint density at radius 1 is 1.25 bits per heavy atom. The molecule has 0 atom stereocenters. The van der Waals surface area contributed by atoms with Crippen LogP contribution >= 0.6 is 0 Å². The van der Waals surface area contributed by atoms with Gasteiger partial charge in [0.05, 0.1) is 5.69 Å². The summed E-state index contributed by atoms with van der Waals surface area (Å²) in [5.41, 5.74) is 1.23. The van der Waals surface area contributed by atoms with Crippen LogP contribution in [0.1, 0.15) is 18.9 Å². The SMILES string of the molecule is CCC(=O)Nc1cccc(NS(=O)(=O)CC(=O)O)c1C. The Labute approximate surface area is 117 Å². The van der Waals surface area contributed by atoms with Gasteiger partial charge in [-0.05, 0) is 24.6 Å². The van der Waals surface area contributed by atoms with Crippen LogP contribution in [0.2, 0.25) is 0 Å². The van der Waals surface area contributed by atoms with E-state index in [1.165, 1.54) is 6.07 Å². The number of hydrogen-bond acceptors (Lipinski definition) is 4. The van der Waals surface area contributed by atoms with E-state index in [0.29, 0.717) is 17.7 Å². The second-order valence-corrected chi connectivity index (χ2v) is 5.86. The summed E-state index contributed by atoms with van der Waals surface area (Å²) in [4.78, 5) is 21.8. The lowest BCUT2D eigenvalue weighted by Crippen LogP contribution is -2.23. The molecule has 0 spiro atoms. The first-order chi connectivity index (χ1) is 9.25. The van der Waals surface area contributed by atoms with E-state index >= 15 is 0 Å². The van der Waals surface area contributed by atoms with Gasteiger partial charge in [-0.1, -0.05) is 13.0 Å². The zero-order valence-corrected chi connectivity index (χ0v) is 12.0. The first kappa shape index (κ1) is 16.0. The average Bonchev–Trinajstić information content (AvgIpc) is 2.32. The van der Waals surface area contributed by atoms with Crippen LogP contribution in [0.25, 0.3) is 0 Å². The lowest BCUT2D eigenvalue weighted by molar-refractivity contribution is -0.134. The first-order valence-electron chi connectivity index (χ1n) is 5.87. The monoisotopic (exact) mass is 300 g/mol. The summed E-state index contributed by atoms with van der Waals surface area (Å²) >= 11 is 0. The van der Waals surface area contributed by atoms with Gasteiger partial charge in [-0.25, -0.2) is 8.42 Å². The number of carbonyl (C=O) groups is 2. The van der Waals surface area contributed by atoms with Gasteiger partial charge in [0.2, 0.25) is 15.9 Å². The van der Waals surface area contributed by atoms with Gasteiger partial charge >= 0.3 is 5.97 Å². The number of hydrogen-bond donors (Lipinski definition) is 3. The highest BCUT2D eigenvalue weighted by Gasteiger charge is 2.17. The number of anilines is 2. The number of nitrogens with one attached hydrogen (secondary N) is 2. The van der Waals surface area contributed by atoms with Crippen molar-refractivity contribution in [1.82, 2.24) is 0 Å². The fourth-order valence-electron chi connectivity index (χ4n) is 1.49. The molecule has 3 N–H and O–H groups in total. The summed E-state index contributed by atoms with van der Waals surface area (Å²) in [5.74, 6) is -2.65. The molecule has 0 saturated carbocycles. The van der Waals surface area contributed by atoms with Gasteiger partial charge in [-0.3, -0.25) is 14.3 Å². The van der Waals surface area contributed by atoms with Crippen molar-refractivity contribution in [3.05, 3.63) is 23.8 Å². The highest BCUT2D eigenvalue weighted by molar-refractivity contribution is 7.93. The minimum absolute atomic E-state index is 0.196. The molecule has 1 aromatic rings. The molecule has 1 aromatic carbocycles. The zero-order valence-electron chi connectivity index (χ0n) is 11.1. The van der Waals surface area contributed by atoms with Crippen LogP contribution in [0.15, 0.2) is 18.2 Å². The Kier molecular flexibility index (Phi) is 5.09. The fourth-order valence-corrected chi connectivity index (χ4v) is 2.44. The lowest BCUT2D eigenvalue weighted by atomic mass is 10.1. The summed E-state index contributed by atoms with van der Waals surface area (Å²) in [5, 5.41) is 11.2. The van der Waals surface area contributed by atoms with Gasteiger partial charge in [-0.15, -0.1) is 0 Å². The smallest absolute Gasteiger partial charge is 0.320 e. The van der Waals surface area contributed by atoms with E-state index in [9.17, 15) is 18.0 Å². The van der Waals surface area contributed by atoms with E-state index < -0.39 is 21.7 Å². The van der Waals surface area contributed by atoms with Crippen LogP contribution in [-0.2, 0) is 19.6 Å². The van der Waals surface area contributed by atoms with Crippen LogP contribution < -0.4 is 10.0 Å². The fraction of sp³-hybridized carbons (Fsp3) is 0.333. The molecule has 0 unspecified atom stereocenters. The van der Waals surface area contributed by atoms with Crippen LogP contribution in [0, 0.1) is 6.92 Å². The molecule has 0 aromatic heterocycles. The molecule has 0 bridgehead atoms. The van der Waals surface area contributed by atoms with E-state index in [1.807, 2.05) is 0 Å². The third-order valence-electron chi connectivity index (χ3n) is 2.51. The number of amides is 1. The summed E-state index contributed by atoms with van der Waals surface area (Å²) in [7, 11) is -3.97. The number of carboxylic acid groups (broad SMARTS) is 1. The Morgan fingerprint density at radius 3 is 2.40 bits per heavy atom. The van der Waals surface area contributed by atoms with Crippen LogP contribution in [-0.4, -0.2) is 31.2 Å². The third-order valence-corrected chi connectivity index (χ3v) is 3.67. The summed E-state index contributed by atoms with van der Waals surface area (Å²) < 4.78 is 25.3. The second kappa shape index (κ2) is 6.38. The second-order valence-electron chi connectivity index (χ2n) is 4.13. The Balaban J connectivity index is 3.00. The minimum atomic E-state index is -3.97. The van der Waals surface area contributed by atoms with E-state index in [2.05, 4.69) is 10.0 Å². The van der Waals surface area contributed by atoms with Crippen molar-refractivity contribution in [2.45, 2.75) is 20.3 Å². The van der Waals surface area contributed by atoms with E-state index in [1.54, 1.807) is 26.0 Å². The van der Waals surface area contributed by atoms with Gasteiger partial charge < -0.3 is 10.4 Å². The quantitative estimate of drug-likeness (QED) is 0.730. The molecule has 0 aliphatic carbocycles. The number of carbonyl (C=O) groups excluding carboxylic acids is 1. The number of carboxylic acids is 1. The molecule has 1 amide bonds. The van der Waals surface area contributed by atoms with Gasteiger partial charge in [0, 0.05) is 12.1 Å². The largest absolute Gasteiger partial charge is 0.480 e. The molecule has 0 aliphatic rings. The van der Waals surface area contributed by atoms with Gasteiger partial charge in [-0.2, -0.15) is 0 Å². The van der Waals surface area contributed by atoms with Gasteiger partial charge in [0.1, 0.15) is 0 Å². The lowest BCUT2D eigenvalue weighted by Gasteiger charge is -2.13. The maximum atomic E-state index is 11.6. The molecule has 0 saturated heterocycles. The molecule has 1 rings (SSSR count). The van der Waals surface area contributed by atoms with Crippen molar-refractivity contribution in [2.24, 2.45) is 0 Å². The summed E-state index contributed by atoms with van der Waals surface area (Å²) in [6.07, 6.45) is 0.300. The molecule has 110 valence electrons. The highest BCUT2D eigenvalue weighted by atomic mass is 32.2. The number of rotatable bonds is 6. The van der Waals surface area contributed by atoms with Crippen molar-refractivity contribution < 1.29 is 23.1 Å². The maximum absolute atomic E-state index is 11.6. The van der Waals surface area contributed by atoms with Crippen molar-refractivity contribution in [1.29, 1.82) is 0 Å². The highest BCUT2D eigenvalue weighted by Crippen LogP contribution is 2.24. The van der Waals surface area contributed by atoms with Crippen molar-refractivity contribution in [3.8, 4) is 0 Å². The summed E-state index contributed by atoms with van der Waals surface area (Å²) in [6.45, 7) is 3.33. The first-order valence-corrected chi connectivity index (χ1v) is 7.52. The van der Waals surface area contributed by atoms with Crippen molar-refractivity contribution in [2.75, 3.05) is 15.8 Å². The molecule has 7 nitrogen and oxygen atoms in total. The number of benzene rings is 1. The minimum Gasteiger partial charge on any atom is -0.480 e. The van der Waals surface area contributed by atoms with Crippen molar-refractivity contribution in [3.63, 3.8) is 0 Å². The Morgan fingerprint density at radius 2 is 1.85 bits per heavy atom. The molecular formula is C12H16N2O5S. The van der Waals surface area contributed by atoms with E-state index in [4.69, 9.17) is 5.11 Å². The Hall–Kier alpha value is -2.09. The predicted molar refractivity (Wildman–Crippen MR) is 75.1 cm³/mol. The molecule has 20 heavy (non-hydrogen) atoms. The van der Waals surface area contributed by atoms with E-state index in [0.717, 1.165) is 0 Å². The predicted octanol–water partition coefficient (Wildman–Crippen LogP) is 1.17. The third kappa shape index (κ3) is 4.54.